The molecule has 0 saturated heterocycles. The molecule has 0 aliphatic rings. The summed E-state index contributed by atoms with van der Waals surface area (Å²) in [6.07, 6.45) is 0.756. The number of rotatable bonds is 6. The molecule has 6 heteroatoms. The van der Waals surface area contributed by atoms with Crippen molar-refractivity contribution in [3.05, 3.63) is 46.7 Å². The van der Waals surface area contributed by atoms with Crippen molar-refractivity contribution in [2.75, 3.05) is 18.4 Å². The van der Waals surface area contributed by atoms with Crippen LogP contribution in [0.4, 0.5) is 10.1 Å². The van der Waals surface area contributed by atoms with Crippen LogP contribution in [0, 0.1) is 5.82 Å². The van der Waals surface area contributed by atoms with Gasteiger partial charge in [-0.3, -0.25) is 4.79 Å². The lowest BCUT2D eigenvalue weighted by atomic mass is 10.3. The van der Waals surface area contributed by atoms with Crippen LogP contribution in [0.5, 0.6) is 0 Å². The maximum Gasteiger partial charge on any atom is 0.270 e. The summed E-state index contributed by atoms with van der Waals surface area (Å²) < 4.78 is 12.9. The van der Waals surface area contributed by atoms with Crippen LogP contribution in [-0.4, -0.2) is 24.0 Å². The second-order valence-electron chi connectivity index (χ2n) is 3.92. The van der Waals surface area contributed by atoms with E-state index < -0.39 is 0 Å². The van der Waals surface area contributed by atoms with E-state index in [0.717, 1.165) is 12.1 Å². The van der Waals surface area contributed by atoms with E-state index in [0.29, 0.717) is 18.8 Å². The molecule has 1 aromatic heterocycles. The highest BCUT2D eigenvalue weighted by Gasteiger charge is 2.05. The average molecular weight is 279 g/mol. The fraction of sp³-hybridized carbons (Fsp3) is 0.231. The van der Waals surface area contributed by atoms with Crippen LogP contribution in [0.3, 0.4) is 0 Å². The number of hydrogen-bond acceptors (Lipinski definition) is 4. The second kappa shape index (κ2) is 6.84. The molecular weight excluding hydrogens is 265 g/mol. The fourth-order valence-electron chi connectivity index (χ4n) is 1.54. The van der Waals surface area contributed by atoms with E-state index in [1.807, 2.05) is 0 Å². The lowest BCUT2D eigenvalue weighted by Crippen LogP contribution is -2.26. The van der Waals surface area contributed by atoms with Crippen molar-refractivity contribution in [2.45, 2.75) is 6.42 Å². The van der Waals surface area contributed by atoms with Gasteiger partial charge in [0.25, 0.3) is 5.91 Å². The number of thiazole rings is 1. The monoisotopic (exact) mass is 279 g/mol. The number of amides is 1. The van der Waals surface area contributed by atoms with Crippen molar-refractivity contribution in [1.29, 1.82) is 0 Å². The van der Waals surface area contributed by atoms with Gasteiger partial charge in [0.2, 0.25) is 0 Å². The van der Waals surface area contributed by atoms with Gasteiger partial charge in [-0.2, -0.15) is 0 Å². The van der Waals surface area contributed by atoms with E-state index in [9.17, 15) is 9.18 Å². The summed E-state index contributed by atoms with van der Waals surface area (Å²) in [6, 6.07) is 6.30. The van der Waals surface area contributed by atoms with Gasteiger partial charge in [-0.1, -0.05) is 6.07 Å². The molecule has 0 bridgehead atoms. The van der Waals surface area contributed by atoms with Crippen molar-refractivity contribution in [1.82, 2.24) is 10.3 Å². The van der Waals surface area contributed by atoms with Gasteiger partial charge >= 0.3 is 0 Å². The molecule has 1 aromatic carbocycles. The number of aromatic nitrogens is 1. The van der Waals surface area contributed by atoms with E-state index in [1.165, 1.54) is 23.5 Å². The quantitative estimate of drug-likeness (QED) is 0.799. The number of hydrogen-bond donors (Lipinski definition) is 2. The van der Waals surface area contributed by atoms with Crippen LogP contribution >= 0.6 is 11.3 Å². The Bertz CT molecular complexity index is 530. The average Bonchev–Trinajstić information content (AvgIpc) is 2.92. The van der Waals surface area contributed by atoms with Gasteiger partial charge in [-0.25, -0.2) is 9.37 Å². The van der Waals surface area contributed by atoms with Crippen LogP contribution in [0.2, 0.25) is 0 Å². The molecule has 0 atom stereocenters. The molecule has 0 fully saturated rings. The third kappa shape index (κ3) is 4.33. The highest BCUT2D eigenvalue weighted by molar-refractivity contribution is 7.07. The smallest absolute Gasteiger partial charge is 0.270 e. The Hall–Kier alpha value is -1.95. The highest BCUT2D eigenvalue weighted by atomic mass is 32.1. The number of carbonyl (C=O) groups excluding carboxylic acids is 1. The molecule has 1 amide bonds. The van der Waals surface area contributed by atoms with Crippen LogP contribution in [0.15, 0.2) is 35.2 Å². The van der Waals surface area contributed by atoms with Gasteiger partial charge < -0.3 is 10.6 Å². The maximum absolute atomic E-state index is 12.9. The number of anilines is 1. The van der Waals surface area contributed by atoms with Crippen LogP contribution in [0.25, 0.3) is 0 Å². The first-order valence-electron chi connectivity index (χ1n) is 5.91. The zero-order valence-electron chi connectivity index (χ0n) is 10.2. The third-order valence-electron chi connectivity index (χ3n) is 2.46. The number of halogens is 1. The molecule has 19 heavy (non-hydrogen) atoms. The Morgan fingerprint density at radius 3 is 3.00 bits per heavy atom. The number of carbonyl (C=O) groups is 1. The van der Waals surface area contributed by atoms with Crippen LogP contribution < -0.4 is 10.6 Å². The van der Waals surface area contributed by atoms with Gasteiger partial charge in [0, 0.05) is 24.2 Å². The molecule has 2 aromatic rings. The summed E-state index contributed by atoms with van der Waals surface area (Å²) in [6.45, 7) is 1.22. The molecular formula is C13H14FN3OS. The van der Waals surface area contributed by atoms with Crippen LogP contribution in [-0.2, 0) is 0 Å². The predicted octanol–water partition coefficient (Wildman–Crippen LogP) is 2.51. The molecule has 2 rings (SSSR count). The normalized spacial score (nSPS) is 10.2. The van der Waals surface area contributed by atoms with Crippen molar-refractivity contribution in [2.24, 2.45) is 0 Å². The van der Waals surface area contributed by atoms with Gasteiger partial charge in [0.1, 0.15) is 11.5 Å². The molecule has 1 heterocycles. The summed E-state index contributed by atoms with van der Waals surface area (Å²) >= 11 is 1.39. The number of nitrogens with one attached hydrogen (secondary N) is 2. The minimum absolute atomic E-state index is 0.160. The minimum Gasteiger partial charge on any atom is -0.385 e. The molecule has 0 aliphatic heterocycles. The van der Waals surface area contributed by atoms with E-state index in [4.69, 9.17) is 0 Å². The molecule has 100 valence electrons. The molecule has 0 unspecified atom stereocenters. The third-order valence-corrected chi connectivity index (χ3v) is 3.04. The molecule has 0 aliphatic carbocycles. The number of nitrogens with zero attached hydrogens (tertiary/aromatic N) is 1. The molecule has 0 spiro atoms. The first-order chi connectivity index (χ1) is 9.25. The summed E-state index contributed by atoms with van der Waals surface area (Å²) in [7, 11) is 0. The number of benzene rings is 1. The van der Waals surface area contributed by atoms with E-state index in [2.05, 4.69) is 15.6 Å². The fourth-order valence-corrected chi connectivity index (χ4v) is 2.07. The van der Waals surface area contributed by atoms with Crippen molar-refractivity contribution >= 4 is 22.9 Å². The van der Waals surface area contributed by atoms with Gasteiger partial charge in [0.15, 0.2) is 0 Å². The van der Waals surface area contributed by atoms with Crippen LogP contribution in [0.1, 0.15) is 16.9 Å². The van der Waals surface area contributed by atoms with Gasteiger partial charge in [-0.05, 0) is 24.6 Å². The van der Waals surface area contributed by atoms with Crippen molar-refractivity contribution in [3.63, 3.8) is 0 Å². The van der Waals surface area contributed by atoms with Crippen molar-refractivity contribution in [3.8, 4) is 0 Å². The summed E-state index contributed by atoms with van der Waals surface area (Å²) in [4.78, 5) is 15.5. The zero-order valence-corrected chi connectivity index (χ0v) is 11.0. The Morgan fingerprint density at radius 1 is 1.37 bits per heavy atom. The molecule has 0 radical (unpaired) electrons. The second-order valence-corrected chi connectivity index (χ2v) is 4.64. The van der Waals surface area contributed by atoms with E-state index >= 15 is 0 Å². The first-order valence-corrected chi connectivity index (χ1v) is 6.86. The predicted molar refractivity (Wildman–Crippen MR) is 74.0 cm³/mol. The van der Waals surface area contributed by atoms with E-state index in [1.54, 1.807) is 23.0 Å². The van der Waals surface area contributed by atoms with Gasteiger partial charge in [0.05, 0.1) is 5.51 Å². The Kier molecular flexibility index (Phi) is 4.85. The lowest BCUT2D eigenvalue weighted by molar-refractivity contribution is 0.0949. The SMILES string of the molecule is O=C(NCCCNc1cccc(F)c1)c1cscn1. The van der Waals surface area contributed by atoms with Gasteiger partial charge in [-0.15, -0.1) is 11.3 Å². The summed E-state index contributed by atoms with van der Waals surface area (Å²) in [5, 5.41) is 7.57. The minimum atomic E-state index is -0.262. The topological polar surface area (TPSA) is 54.0 Å². The van der Waals surface area contributed by atoms with Crippen molar-refractivity contribution < 1.29 is 9.18 Å². The highest BCUT2D eigenvalue weighted by Crippen LogP contribution is 2.08. The maximum atomic E-state index is 12.9. The first kappa shape index (κ1) is 13.5. The zero-order chi connectivity index (χ0) is 13.5. The Balaban J connectivity index is 1.64. The lowest BCUT2D eigenvalue weighted by Gasteiger charge is -2.07. The van der Waals surface area contributed by atoms with E-state index in [-0.39, 0.29) is 11.7 Å². The Morgan fingerprint density at radius 2 is 2.26 bits per heavy atom. The Labute approximate surface area is 114 Å². The summed E-state index contributed by atoms with van der Waals surface area (Å²) in [5.74, 6) is -0.422. The standard InChI is InChI=1S/C13H14FN3OS/c14-10-3-1-4-11(7-10)15-5-2-6-16-13(18)12-8-19-9-17-12/h1,3-4,7-9,15H,2,5-6H2,(H,16,18). The molecule has 2 N–H and O–H groups in total. The summed E-state index contributed by atoms with van der Waals surface area (Å²) in [5.41, 5.74) is 2.81. The molecule has 0 saturated carbocycles. The largest absolute Gasteiger partial charge is 0.385 e. The molecule has 4 nitrogen and oxygen atoms in total.